The molecule has 2 aromatic heterocycles. The number of rotatable bonds is 4. The second-order valence-electron chi connectivity index (χ2n) is 4.56. The first kappa shape index (κ1) is 12.6. The molecule has 0 aliphatic rings. The highest BCUT2D eigenvalue weighted by Crippen LogP contribution is 2.27. The molecule has 2 rings (SSSR count). The zero-order valence-electron chi connectivity index (χ0n) is 10.6. The molecular weight excluding hydrogens is 232 g/mol. The molecule has 0 spiro atoms. The largest absolute Gasteiger partial charge is 0.393 e. The molecule has 0 fully saturated rings. The average Bonchev–Trinajstić information content (AvgIpc) is 2.78. The monoisotopic (exact) mass is 248 g/mol. The molecule has 0 saturated heterocycles. The molecule has 2 heterocycles. The van der Waals surface area contributed by atoms with Gasteiger partial charge in [-0.3, -0.25) is 0 Å². The Labute approximate surface area is 105 Å². The molecule has 2 unspecified atom stereocenters. The van der Waals surface area contributed by atoms with Crippen LogP contribution in [0, 0.1) is 5.92 Å². The molecule has 2 aromatic rings. The smallest absolute Gasteiger partial charge is 0.232 e. The molecule has 6 nitrogen and oxygen atoms in total. The summed E-state index contributed by atoms with van der Waals surface area (Å²) in [4.78, 5) is 12.2. The molecule has 0 saturated carbocycles. The highest BCUT2D eigenvalue weighted by atomic mass is 16.5. The van der Waals surface area contributed by atoms with E-state index in [2.05, 4.69) is 20.1 Å². The Bertz CT molecular complexity index is 488. The van der Waals surface area contributed by atoms with Crippen LogP contribution < -0.4 is 0 Å². The fourth-order valence-electron chi connectivity index (χ4n) is 1.95. The van der Waals surface area contributed by atoms with Crippen molar-refractivity contribution in [2.24, 2.45) is 5.92 Å². The van der Waals surface area contributed by atoms with Gasteiger partial charge in [0.1, 0.15) is 12.0 Å². The Balaban J connectivity index is 2.30. The topological polar surface area (TPSA) is 84.9 Å². The predicted molar refractivity (Wildman–Crippen MR) is 64.6 cm³/mol. The average molecular weight is 248 g/mol. The maximum Gasteiger partial charge on any atom is 0.232 e. The SMILES string of the molecule is CC(C)C(c1nc(-c2ccncn2)no1)C(C)O. The Morgan fingerprint density at radius 3 is 2.61 bits per heavy atom. The quantitative estimate of drug-likeness (QED) is 0.885. The van der Waals surface area contributed by atoms with Crippen molar-refractivity contribution >= 4 is 0 Å². The van der Waals surface area contributed by atoms with Crippen molar-refractivity contribution in [2.75, 3.05) is 0 Å². The van der Waals surface area contributed by atoms with E-state index in [0.717, 1.165) is 0 Å². The van der Waals surface area contributed by atoms with Crippen LogP contribution in [0.25, 0.3) is 11.5 Å². The van der Waals surface area contributed by atoms with Crippen LogP contribution in [0.4, 0.5) is 0 Å². The summed E-state index contributed by atoms with van der Waals surface area (Å²) in [5, 5.41) is 13.6. The predicted octanol–water partition coefficient (Wildman–Crippen LogP) is 1.65. The van der Waals surface area contributed by atoms with Gasteiger partial charge in [-0.1, -0.05) is 19.0 Å². The van der Waals surface area contributed by atoms with Crippen molar-refractivity contribution in [1.29, 1.82) is 0 Å². The highest BCUT2D eigenvalue weighted by Gasteiger charge is 2.27. The summed E-state index contributed by atoms with van der Waals surface area (Å²) >= 11 is 0. The molecule has 0 amide bonds. The molecule has 1 N–H and O–H groups in total. The second kappa shape index (κ2) is 5.22. The Morgan fingerprint density at radius 2 is 2.06 bits per heavy atom. The Kier molecular flexibility index (Phi) is 3.66. The summed E-state index contributed by atoms with van der Waals surface area (Å²) in [5.41, 5.74) is 0.605. The summed E-state index contributed by atoms with van der Waals surface area (Å²) in [5.74, 6) is 0.893. The molecule has 0 radical (unpaired) electrons. The van der Waals surface area contributed by atoms with Crippen LogP contribution >= 0.6 is 0 Å². The van der Waals surface area contributed by atoms with Crippen LogP contribution in [0.1, 0.15) is 32.6 Å². The highest BCUT2D eigenvalue weighted by molar-refractivity contribution is 5.46. The minimum atomic E-state index is -0.538. The van der Waals surface area contributed by atoms with E-state index >= 15 is 0 Å². The van der Waals surface area contributed by atoms with Gasteiger partial charge in [0.15, 0.2) is 0 Å². The van der Waals surface area contributed by atoms with Crippen molar-refractivity contribution < 1.29 is 9.63 Å². The van der Waals surface area contributed by atoms with Gasteiger partial charge in [0.25, 0.3) is 0 Å². The standard InChI is InChI=1S/C12H16N4O2/c1-7(2)10(8(3)17)12-15-11(16-18-12)9-4-5-13-6-14-9/h4-8,10,17H,1-3H3. The molecule has 18 heavy (non-hydrogen) atoms. The van der Waals surface area contributed by atoms with Gasteiger partial charge in [0, 0.05) is 6.20 Å². The van der Waals surface area contributed by atoms with Crippen molar-refractivity contribution in [1.82, 2.24) is 20.1 Å². The number of aliphatic hydroxyl groups is 1. The molecule has 0 aliphatic carbocycles. The molecule has 96 valence electrons. The maximum absolute atomic E-state index is 9.76. The third-order valence-electron chi connectivity index (χ3n) is 2.78. The van der Waals surface area contributed by atoms with E-state index in [1.807, 2.05) is 13.8 Å². The number of aliphatic hydroxyl groups excluding tert-OH is 1. The van der Waals surface area contributed by atoms with Gasteiger partial charge in [0.05, 0.1) is 12.0 Å². The summed E-state index contributed by atoms with van der Waals surface area (Å²) in [7, 11) is 0. The van der Waals surface area contributed by atoms with Crippen LogP contribution in [0.5, 0.6) is 0 Å². The molecule has 0 bridgehead atoms. The van der Waals surface area contributed by atoms with Crippen LogP contribution in [-0.2, 0) is 0 Å². The zero-order chi connectivity index (χ0) is 13.1. The lowest BCUT2D eigenvalue weighted by atomic mass is 9.91. The fourth-order valence-corrected chi connectivity index (χ4v) is 1.95. The lowest BCUT2D eigenvalue weighted by molar-refractivity contribution is 0.120. The summed E-state index contributed by atoms with van der Waals surface area (Å²) < 4.78 is 5.22. The minimum absolute atomic E-state index is 0.173. The Hall–Kier alpha value is -1.82. The van der Waals surface area contributed by atoms with Gasteiger partial charge < -0.3 is 9.63 Å². The van der Waals surface area contributed by atoms with Crippen LogP contribution in [-0.4, -0.2) is 31.3 Å². The lowest BCUT2D eigenvalue weighted by Gasteiger charge is -2.19. The first-order chi connectivity index (χ1) is 8.59. The molecule has 6 heteroatoms. The van der Waals surface area contributed by atoms with Gasteiger partial charge in [-0.2, -0.15) is 4.98 Å². The van der Waals surface area contributed by atoms with E-state index in [1.54, 1.807) is 19.2 Å². The minimum Gasteiger partial charge on any atom is -0.393 e. The van der Waals surface area contributed by atoms with Crippen molar-refractivity contribution in [3.05, 3.63) is 24.5 Å². The summed E-state index contributed by atoms with van der Waals surface area (Å²) in [6.07, 6.45) is 2.51. The second-order valence-corrected chi connectivity index (χ2v) is 4.56. The van der Waals surface area contributed by atoms with Gasteiger partial charge in [-0.15, -0.1) is 0 Å². The third-order valence-corrected chi connectivity index (χ3v) is 2.78. The third kappa shape index (κ3) is 2.53. The number of hydrogen-bond donors (Lipinski definition) is 1. The van der Waals surface area contributed by atoms with Crippen LogP contribution in [0.3, 0.4) is 0 Å². The summed E-state index contributed by atoms with van der Waals surface area (Å²) in [6.45, 7) is 5.73. The van der Waals surface area contributed by atoms with Crippen molar-refractivity contribution in [3.8, 4) is 11.5 Å². The fraction of sp³-hybridized carbons (Fsp3) is 0.500. The maximum atomic E-state index is 9.76. The van der Waals surface area contributed by atoms with Gasteiger partial charge in [0.2, 0.25) is 11.7 Å². The lowest BCUT2D eigenvalue weighted by Crippen LogP contribution is -2.20. The van der Waals surface area contributed by atoms with E-state index in [1.165, 1.54) is 6.33 Å². The zero-order valence-corrected chi connectivity index (χ0v) is 10.6. The normalized spacial score (nSPS) is 14.7. The number of nitrogens with zero attached hydrogens (tertiary/aromatic N) is 4. The molecule has 0 aliphatic heterocycles. The first-order valence-electron chi connectivity index (χ1n) is 5.87. The van der Waals surface area contributed by atoms with Gasteiger partial charge in [-0.05, 0) is 18.9 Å². The van der Waals surface area contributed by atoms with E-state index in [0.29, 0.717) is 17.4 Å². The van der Waals surface area contributed by atoms with E-state index in [9.17, 15) is 5.11 Å². The van der Waals surface area contributed by atoms with Gasteiger partial charge in [-0.25, -0.2) is 9.97 Å². The number of aromatic nitrogens is 4. The Morgan fingerprint density at radius 1 is 1.28 bits per heavy atom. The molecule has 2 atom stereocenters. The van der Waals surface area contributed by atoms with E-state index < -0.39 is 6.10 Å². The van der Waals surface area contributed by atoms with Crippen LogP contribution in [0.15, 0.2) is 23.1 Å². The molecular formula is C12H16N4O2. The van der Waals surface area contributed by atoms with Gasteiger partial charge >= 0.3 is 0 Å². The van der Waals surface area contributed by atoms with Crippen LogP contribution in [0.2, 0.25) is 0 Å². The molecule has 0 aromatic carbocycles. The summed E-state index contributed by atoms with van der Waals surface area (Å²) in [6, 6.07) is 1.71. The van der Waals surface area contributed by atoms with E-state index in [-0.39, 0.29) is 11.8 Å². The van der Waals surface area contributed by atoms with Crippen molar-refractivity contribution in [3.63, 3.8) is 0 Å². The van der Waals surface area contributed by atoms with Crippen molar-refractivity contribution in [2.45, 2.75) is 32.8 Å². The first-order valence-corrected chi connectivity index (χ1v) is 5.87. The number of hydrogen-bond acceptors (Lipinski definition) is 6. The van der Waals surface area contributed by atoms with E-state index in [4.69, 9.17) is 4.52 Å².